The van der Waals surface area contributed by atoms with Crippen molar-refractivity contribution < 1.29 is 9.69 Å². The molecule has 5 nitrogen and oxygen atoms in total. The predicted molar refractivity (Wildman–Crippen MR) is 116 cm³/mol. The van der Waals surface area contributed by atoms with Gasteiger partial charge in [0.15, 0.2) is 5.82 Å². The smallest absolute Gasteiger partial charge is 0.257 e. The maximum absolute atomic E-state index is 12.6. The van der Waals surface area contributed by atoms with Gasteiger partial charge in [0, 0.05) is 5.69 Å². The van der Waals surface area contributed by atoms with Crippen LogP contribution in [-0.4, -0.2) is 28.0 Å². The number of imidazole rings is 1. The van der Waals surface area contributed by atoms with Gasteiger partial charge >= 0.3 is 0 Å². The maximum atomic E-state index is 12.6. The fourth-order valence-electron chi connectivity index (χ4n) is 4.89. The number of quaternary nitrogens is 1. The van der Waals surface area contributed by atoms with Crippen molar-refractivity contribution >= 4 is 34.2 Å². The highest BCUT2D eigenvalue weighted by molar-refractivity contribution is 6.34. The molecular weight excluding hydrogens is 384 g/mol. The van der Waals surface area contributed by atoms with Crippen LogP contribution >= 0.6 is 11.6 Å². The molecule has 1 aliphatic carbocycles. The Hall–Kier alpha value is -2.37. The first-order chi connectivity index (χ1) is 14.2. The first-order valence-electron chi connectivity index (χ1n) is 10.6. The van der Waals surface area contributed by atoms with Crippen molar-refractivity contribution in [3.05, 3.63) is 58.9 Å². The van der Waals surface area contributed by atoms with Gasteiger partial charge in [-0.05, 0) is 56.0 Å². The normalized spacial score (nSPS) is 19.8. The molecule has 150 valence electrons. The van der Waals surface area contributed by atoms with Gasteiger partial charge < -0.3 is 14.8 Å². The quantitative estimate of drug-likeness (QED) is 0.693. The Labute approximate surface area is 175 Å². The molecule has 0 radical (unpaired) electrons. The van der Waals surface area contributed by atoms with Crippen LogP contribution in [0.2, 0.25) is 5.02 Å². The number of fused-ring (bicyclic) bond motifs is 3. The van der Waals surface area contributed by atoms with E-state index in [1.54, 1.807) is 17.0 Å². The van der Waals surface area contributed by atoms with Crippen LogP contribution in [0.25, 0.3) is 11.0 Å². The summed E-state index contributed by atoms with van der Waals surface area (Å²) >= 11 is 6.15. The summed E-state index contributed by atoms with van der Waals surface area (Å²) in [7, 11) is 0. The lowest BCUT2D eigenvalue weighted by atomic mass is 9.94. The number of nitrogens with zero attached hydrogens (tertiary/aromatic N) is 2. The Balaban J connectivity index is 1.37. The number of carbonyl (C=O) groups is 1. The van der Waals surface area contributed by atoms with Crippen molar-refractivity contribution in [2.45, 2.75) is 51.2 Å². The zero-order valence-electron chi connectivity index (χ0n) is 16.5. The van der Waals surface area contributed by atoms with E-state index >= 15 is 0 Å². The third kappa shape index (κ3) is 3.65. The summed E-state index contributed by atoms with van der Waals surface area (Å²) in [4.78, 5) is 19.2. The van der Waals surface area contributed by atoms with Gasteiger partial charge in [0.1, 0.15) is 6.54 Å². The number of amides is 1. The Morgan fingerprint density at radius 2 is 1.97 bits per heavy atom. The molecule has 0 bridgehead atoms. The number of anilines is 1. The lowest BCUT2D eigenvalue weighted by Crippen LogP contribution is -3.15. The fraction of sp³-hybridized carbons (Fsp3) is 0.391. The molecular formula is C23H26ClN4O+. The minimum atomic E-state index is -0.202. The second-order valence-electron chi connectivity index (χ2n) is 8.24. The lowest BCUT2D eigenvalue weighted by Gasteiger charge is -2.34. The van der Waals surface area contributed by atoms with Gasteiger partial charge in [-0.2, -0.15) is 0 Å². The molecule has 1 fully saturated rings. The Morgan fingerprint density at radius 1 is 1.14 bits per heavy atom. The van der Waals surface area contributed by atoms with Crippen LogP contribution in [0.4, 0.5) is 5.69 Å². The Bertz CT molecular complexity index is 1050. The molecule has 1 aromatic heterocycles. The first kappa shape index (κ1) is 18.6. The minimum Gasteiger partial charge on any atom is -0.325 e. The van der Waals surface area contributed by atoms with E-state index < -0.39 is 0 Å². The van der Waals surface area contributed by atoms with Crippen molar-refractivity contribution in [3.8, 4) is 0 Å². The molecule has 1 atom stereocenters. The number of carbonyl (C=O) groups excluding carboxylic acids is 1. The van der Waals surface area contributed by atoms with Gasteiger partial charge in [-0.15, -0.1) is 0 Å². The number of rotatable bonds is 3. The summed E-state index contributed by atoms with van der Waals surface area (Å²) in [5, 5.41) is 3.41. The van der Waals surface area contributed by atoms with E-state index in [9.17, 15) is 4.79 Å². The Morgan fingerprint density at radius 3 is 2.79 bits per heavy atom. The monoisotopic (exact) mass is 409 g/mol. The summed E-state index contributed by atoms with van der Waals surface area (Å²) in [5.41, 5.74) is 3.32. The zero-order chi connectivity index (χ0) is 19.8. The van der Waals surface area contributed by atoms with Crippen molar-refractivity contribution in [3.63, 3.8) is 0 Å². The molecule has 0 spiro atoms. The van der Waals surface area contributed by atoms with E-state index in [1.807, 2.05) is 24.3 Å². The van der Waals surface area contributed by atoms with Gasteiger partial charge in [0.05, 0.1) is 40.8 Å². The summed E-state index contributed by atoms with van der Waals surface area (Å²) in [5.74, 6) is 0.966. The largest absolute Gasteiger partial charge is 0.325 e. The molecule has 29 heavy (non-hydrogen) atoms. The number of halogens is 1. The van der Waals surface area contributed by atoms with E-state index in [1.165, 1.54) is 44.5 Å². The molecule has 1 unspecified atom stereocenters. The summed E-state index contributed by atoms with van der Waals surface area (Å²) in [6.45, 7) is 3.19. The highest BCUT2D eigenvalue weighted by Gasteiger charge is 2.30. The number of hydrogen-bond acceptors (Lipinski definition) is 2. The van der Waals surface area contributed by atoms with E-state index in [-0.39, 0.29) is 5.91 Å². The predicted octanol–water partition coefficient (Wildman–Crippen LogP) is 3.67. The van der Waals surface area contributed by atoms with Crippen molar-refractivity contribution in [2.75, 3.05) is 11.9 Å². The number of benzene rings is 2. The van der Waals surface area contributed by atoms with E-state index in [0.29, 0.717) is 10.6 Å². The van der Waals surface area contributed by atoms with E-state index in [4.69, 9.17) is 16.6 Å². The van der Waals surface area contributed by atoms with Crippen LogP contribution in [0, 0.1) is 0 Å². The van der Waals surface area contributed by atoms with Crippen LogP contribution in [-0.2, 0) is 13.1 Å². The number of aromatic nitrogens is 2. The summed E-state index contributed by atoms with van der Waals surface area (Å²) in [6.07, 6.45) is 6.85. The van der Waals surface area contributed by atoms with Crippen LogP contribution in [0.15, 0.2) is 42.5 Å². The number of nitrogens with one attached hydrogen (secondary N) is 2. The standard InChI is InChI=1S/C23H25ClN4O/c24-19-9-5-4-8-18(19)23(29)25-16-10-11-21-20(14-16)26-22-15-27(12-13-28(21)22)17-6-2-1-3-7-17/h4-5,8-11,14,17H,1-3,6-7,12-13,15H2,(H,25,29)/p+1. The van der Waals surface area contributed by atoms with Crippen LogP contribution < -0.4 is 10.2 Å². The SMILES string of the molecule is O=C(Nc1ccc2c(c1)nc1n2CC[NH+](C2CCCCC2)C1)c1ccccc1Cl. The average molecular weight is 410 g/mol. The Kier molecular flexibility index (Phi) is 5.02. The van der Waals surface area contributed by atoms with E-state index in [2.05, 4.69) is 16.0 Å². The fourth-order valence-corrected chi connectivity index (χ4v) is 5.11. The molecule has 2 N–H and O–H groups in total. The van der Waals surface area contributed by atoms with Gasteiger partial charge in [-0.25, -0.2) is 4.98 Å². The van der Waals surface area contributed by atoms with E-state index in [0.717, 1.165) is 35.9 Å². The highest BCUT2D eigenvalue weighted by atomic mass is 35.5. The maximum Gasteiger partial charge on any atom is 0.257 e. The van der Waals surface area contributed by atoms with Gasteiger partial charge in [0.25, 0.3) is 5.91 Å². The molecule has 2 aliphatic rings. The summed E-state index contributed by atoms with van der Waals surface area (Å²) < 4.78 is 2.35. The molecule has 6 heteroatoms. The van der Waals surface area contributed by atoms with Crippen molar-refractivity contribution in [1.82, 2.24) is 9.55 Å². The number of hydrogen-bond donors (Lipinski definition) is 2. The second-order valence-corrected chi connectivity index (χ2v) is 8.64. The van der Waals surface area contributed by atoms with Gasteiger partial charge in [0.2, 0.25) is 0 Å². The molecule has 1 saturated carbocycles. The van der Waals surface area contributed by atoms with Gasteiger partial charge in [-0.1, -0.05) is 30.2 Å². The van der Waals surface area contributed by atoms with Crippen molar-refractivity contribution in [2.24, 2.45) is 0 Å². The van der Waals surface area contributed by atoms with Crippen LogP contribution in [0.3, 0.4) is 0 Å². The molecule has 2 aromatic carbocycles. The van der Waals surface area contributed by atoms with Crippen LogP contribution in [0.5, 0.6) is 0 Å². The minimum absolute atomic E-state index is 0.202. The highest BCUT2D eigenvalue weighted by Crippen LogP contribution is 2.24. The van der Waals surface area contributed by atoms with Crippen LogP contribution in [0.1, 0.15) is 48.3 Å². The van der Waals surface area contributed by atoms with Gasteiger partial charge in [-0.3, -0.25) is 4.79 Å². The second kappa shape index (κ2) is 7.81. The van der Waals surface area contributed by atoms with Crippen molar-refractivity contribution in [1.29, 1.82) is 0 Å². The zero-order valence-corrected chi connectivity index (χ0v) is 17.2. The molecule has 3 aromatic rings. The topological polar surface area (TPSA) is 51.4 Å². The first-order valence-corrected chi connectivity index (χ1v) is 11.0. The third-order valence-electron chi connectivity index (χ3n) is 6.43. The molecule has 1 amide bonds. The molecule has 5 rings (SSSR count). The molecule has 2 heterocycles. The third-order valence-corrected chi connectivity index (χ3v) is 6.76. The lowest BCUT2D eigenvalue weighted by molar-refractivity contribution is -0.944. The molecule has 1 aliphatic heterocycles. The average Bonchev–Trinajstić information content (AvgIpc) is 3.11. The summed E-state index contributed by atoms with van der Waals surface area (Å²) in [6, 6.07) is 13.9. The molecule has 0 saturated heterocycles.